The van der Waals surface area contributed by atoms with Gasteiger partial charge in [-0.05, 0) is 33.3 Å². The maximum absolute atomic E-state index is 9.00. The molecule has 7 heteroatoms. The molecule has 0 saturated carbocycles. The molecule has 0 aliphatic heterocycles. The third-order valence-corrected chi connectivity index (χ3v) is 3.23. The zero-order chi connectivity index (χ0) is 15.3. The summed E-state index contributed by atoms with van der Waals surface area (Å²) in [6.07, 6.45) is 0. The summed E-state index contributed by atoms with van der Waals surface area (Å²) in [7, 11) is 1.65. The summed E-state index contributed by atoms with van der Waals surface area (Å²) in [6, 6.07) is 0.187. The number of amidine groups is 1. The van der Waals surface area contributed by atoms with Crippen LogP contribution in [0, 0.1) is 13.8 Å². The second kappa shape index (κ2) is 7.04. The monoisotopic (exact) mass is 281 g/mol. The van der Waals surface area contributed by atoms with Crippen molar-refractivity contribution < 1.29 is 9.94 Å². The Bertz CT molecular complexity index is 488. The van der Waals surface area contributed by atoms with Gasteiger partial charge in [0.25, 0.3) is 0 Å². The van der Waals surface area contributed by atoms with Crippen molar-refractivity contribution in [3.63, 3.8) is 0 Å². The van der Waals surface area contributed by atoms with E-state index in [0.717, 1.165) is 11.3 Å². The van der Waals surface area contributed by atoms with E-state index >= 15 is 0 Å². The number of methoxy groups -OCH3 is 1. The van der Waals surface area contributed by atoms with Crippen LogP contribution in [0.3, 0.4) is 0 Å². The fourth-order valence-corrected chi connectivity index (χ4v) is 1.95. The lowest BCUT2D eigenvalue weighted by molar-refractivity contribution is 0.203. The molecule has 0 saturated heterocycles. The van der Waals surface area contributed by atoms with E-state index in [1.54, 1.807) is 7.11 Å². The zero-order valence-corrected chi connectivity index (χ0v) is 12.7. The first-order valence-electron chi connectivity index (χ1n) is 6.51. The highest BCUT2D eigenvalue weighted by molar-refractivity contribution is 6.02. The second-order valence-electron chi connectivity index (χ2n) is 4.87. The number of aryl methyl sites for hydroxylation is 1. The Morgan fingerprint density at radius 1 is 1.40 bits per heavy atom. The van der Waals surface area contributed by atoms with Crippen molar-refractivity contribution in [3.8, 4) is 0 Å². The van der Waals surface area contributed by atoms with Crippen molar-refractivity contribution in [3.05, 3.63) is 16.8 Å². The first kappa shape index (κ1) is 16.2. The minimum Gasteiger partial charge on any atom is -0.409 e. The molecule has 0 bridgehead atoms. The Morgan fingerprint density at radius 2 is 2.05 bits per heavy atom. The number of oxime groups is 1. The fourth-order valence-electron chi connectivity index (χ4n) is 1.95. The zero-order valence-electron chi connectivity index (χ0n) is 12.7. The Kier molecular flexibility index (Phi) is 5.69. The molecule has 1 rings (SSSR count). The van der Waals surface area contributed by atoms with Gasteiger partial charge in [0.2, 0.25) is 0 Å². The topological polar surface area (TPSA) is 96.9 Å². The summed E-state index contributed by atoms with van der Waals surface area (Å²) in [4.78, 5) is 2.02. The van der Waals surface area contributed by atoms with Crippen LogP contribution in [-0.2, 0) is 4.74 Å². The SMILES string of the molecule is COCCN(c1nnc(C)c(C)c1C(N)=NO)C(C)C. The Labute approximate surface area is 119 Å². The van der Waals surface area contributed by atoms with Gasteiger partial charge >= 0.3 is 0 Å². The molecule has 0 aromatic carbocycles. The molecule has 3 N–H and O–H groups in total. The molecule has 7 nitrogen and oxygen atoms in total. The highest BCUT2D eigenvalue weighted by Crippen LogP contribution is 2.23. The van der Waals surface area contributed by atoms with E-state index in [2.05, 4.69) is 15.4 Å². The Balaban J connectivity index is 3.37. The molecule has 1 aromatic rings. The van der Waals surface area contributed by atoms with E-state index in [1.807, 2.05) is 32.6 Å². The van der Waals surface area contributed by atoms with Gasteiger partial charge in [-0.3, -0.25) is 0 Å². The molecule has 0 aliphatic carbocycles. The summed E-state index contributed by atoms with van der Waals surface area (Å²) in [6.45, 7) is 9.02. The van der Waals surface area contributed by atoms with Gasteiger partial charge in [-0.2, -0.15) is 5.10 Å². The van der Waals surface area contributed by atoms with Crippen molar-refractivity contribution >= 4 is 11.7 Å². The normalized spacial score (nSPS) is 12.0. The molecule has 1 heterocycles. The number of aromatic nitrogens is 2. The van der Waals surface area contributed by atoms with E-state index in [0.29, 0.717) is 24.5 Å². The molecule has 0 spiro atoms. The van der Waals surface area contributed by atoms with Gasteiger partial charge in [0.1, 0.15) is 0 Å². The number of rotatable bonds is 6. The van der Waals surface area contributed by atoms with Crippen molar-refractivity contribution in [2.45, 2.75) is 33.7 Å². The molecule has 0 atom stereocenters. The average Bonchev–Trinajstić information content (AvgIpc) is 2.42. The van der Waals surface area contributed by atoms with Crippen LogP contribution in [0.15, 0.2) is 5.16 Å². The maximum Gasteiger partial charge on any atom is 0.174 e. The first-order chi connectivity index (χ1) is 9.43. The van der Waals surface area contributed by atoms with Crippen LogP contribution in [0.5, 0.6) is 0 Å². The second-order valence-corrected chi connectivity index (χ2v) is 4.87. The molecule has 0 unspecified atom stereocenters. The summed E-state index contributed by atoms with van der Waals surface area (Å²) < 4.78 is 5.12. The minimum atomic E-state index is 0.0403. The van der Waals surface area contributed by atoms with E-state index in [4.69, 9.17) is 15.7 Å². The number of ether oxygens (including phenoxy) is 1. The van der Waals surface area contributed by atoms with Gasteiger partial charge in [-0.1, -0.05) is 5.16 Å². The molecule has 112 valence electrons. The van der Waals surface area contributed by atoms with Gasteiger partial charge in [0, 0.05) is 19.7 Å². The van der Waals surface area contributed by atoms with E-state index in [9.17, 15) is 0 Å². The summed E-state index contributed by atoms with van der Waals surface area (Å²) >= 11 is 0. The average molecular weight is 281 g/mol. The lowest BCUT2D eigenvalue weighted by Gasteiger charge is -2.29. The van der Waals surface area contributed by atoms with Crippen LogP contribution >= 0.6 is 0 Å². The lowest BCUT2D eigenvalue weighted by atomic mass is 10.1. The van der Waals surface area contributed by atoms with Crippen LogP contribution in [0.2, 0.25) is 0 Å². The third kappa shape index (κ3) is 3.36. The Morgan fingerprint density at radius 3 is 2.55 bits per heavy atom. The molecular formula is C13H23N5O2. The fraction of sp³-hybridized carbons (Fsp3) is 0.615. The molecule has 0 fully saturated rings. The quantitative estimate of drug-likeness (QED) is 0.350. The van der Waals surface area contributed by atoms with Gasteiger partial charge < -0.3 is 20.6 Å². The minimum absolute atomic E-state index is 0.0403. The summed E-state index contributed by atoms with van der Waals surface area (Å²) in [5, 5.41) is 20.5. The molecule has 1 aromatic heterocycles. The van der Waals surface area contributed by atoms with Gasteiger partial charge in [0.15, 0.2) is 11.7 Å². The largest absolute Gasteiger partial charge is 0.409 e. The van der Waals surface area contributed by atoms with Crippen molar-refractivity contribution in [2.75, 3.05) is 25.2 Å². The molecule has 0 amide bonds. The number of hydrogen-bond acceptors (Lipinski definition) is 6. The van der Waals surface area contributed by atoms with Crippen LogP contribution < -0.4 is 10.6 Å². The molecule has 20 heavy (non-hydrogen) atoms. The van der Waals surface area contributed by atoms with Crippen LogP contribution in [-0.4, -0.2) is 47.5 Å². The number of nitrogens with two attached hydrogens (primary N) is 1. The van der Waals surface area contributed by atoms with Gasteiger partial charge in [-0.25, -0.2) is 0 Å². The maximum atomic E-state index is 9.00. The van der Waals surface area contributed by atoms with E-state index < -0.39 is 0 Å². The number of hydrogen-bond donors (Lipinski definition) is 2. The third-order valence-electron chi connectivity index (χ3n) is 3.23. The van der Waals surface area contributed by atoms with Crippen LogP contribution in [0.4, 0.5) is 5.82 Å². The van der Waals surface area contributed by atoms with Crippen molar-refractivity contribution in [2.24, 2.45) is 10.9 Å². The number of nitrogens with zero attached hydrogens (tertiary/aromatic N) is 4. The Hall–Kier alpha value is -1.89. The summed E-state index contributed by atoms with van der Waals surface area (Å²) in [5.74, 6) is 0.647. The van der Waals surface area contributed by atoms with Crippen LogP contribution in [0.1, 0.15) is 30.7 Å². The van der Waals surface area contributed by atoms with E-state index in [1.165, 1.54) is 0 Å². The van der Waals surface area contributed by atoms with Crippen molar-refractivity contribution in [1.82, 2.24) is 10.2 Å². The number of anilines is 1. The smallest absolute Gasteiger partial charge is 0.174 e. The molecule has 0 aliphatic rings. The highest BCUT2D eigenvalue weighted by Gasteiger charge is 2.22. The lowest BCUT2D eigenvalue weighted by Crippen LogP contribution is -2.37. The summed E-state index contributed by atoms with van der Waals surface area (Å²) in [5.41, 5.74) is 8.03. The van der Waals surface area contributed by atoms with Gasteiger partial charge in [0.05, 0.1) is 17.9 Å². The van der Waals surface area contributed by atoms with Crippen molar-refractivity contribution in [1.29, 1.82) is 0 Å². The highest BCUT2D eigenvalue weighted by atomic mass is 16.5. The predicted molar refractivity (Wildman–Crippen MR) is 78.4 cm³/mol. The van der Waals surface area contributed by atoms with Gasteiger partial charge in [-0.15, -0.1) is 5.10 Å². The molecular weight excluding hydrogens is 258 g/mol. The predicted octanol–water partition coefficient (Wildman–Crippen LogP) is 1.05. The standard InChI is InChI=1S/C13H23N5O2/c1-8(2)18(6-7-20-5)13-11(12(14)17-19)9(3)10(4)15-16-13/h8,19H,6-7H2,1-5H3,(H2,14,17). The van der Waals surface area contributed by atoms with E-state index in [-0.39, 0.29) is 11.9 Å². The van der Waals surface area contributed by atoms with Crippen LogP contribution in [0.25, 0.3) is 0 Å². The first-order valence-corrected chi connectivity index (χ1v) is 6.51. The molecule has 0 radical (unpaired) electrons.